The normalized spacial score (nSPS) is 17.3. The third-order valence-corrected chi connectivity index (χ3v) is 2.57. The van der Waals surface area contributed by atoms with E-state index in [4.69, 9.17) is 18.1 Å². The summed E-state index contributed by atoms with van der Waals surface area (Å²) in [5.41, 5.74) is 0. The number of nitrogens with one attached hydrogen (secondary N) is 1. The molecule has 1 rings (SSSR count). The molecule has 22 heavy (non-hydrogen) atoms. The predicted octanol–water partition coefficient (Wildman–Crippen LogP) is 1.17. The summed E-state index contributed by atoms with van der Waals surface area (Å²) in [7, 11) is 11.3. The van der Waals surface area contributed by atoms with Gasteiger partial charge in [0, 0.05) is 45.8 Å². The van der Waals surface area contributed by atoms with Crippen LogP contribution in [0, 0.1) is 27.8 Å². The Hall–Kier alpha value is 0.688. The van der Waals surface area contributed by atoms with Gasteiger partial charge in [-0.1, -0.05) is 18.7 Å². The van der Waals surface area contributed by atoms with Crippen molar-refractivity contribution in [1.82, 2.24) is 5.32 Å². The quantitative estimate of drug-likeness (QED) is 0.383. The third-order valence-electron chi connectivity index (χ3n) is 2.57. The number of rotatable bonds is 4. The molecule has 1 aliphatic rings. The van der Waals surface area contributed by atoms with Crippen LogP contribution in [0.5, 0.6) is 0 Å². The molecule has 0 spiro atoms. The van der Waals surface area contributed by atoms with E-state index in [-0.39, 0.29) is 60.4 Å². The van der Waals surface area contributed by atoms with E-state index >= 15 is 0 Å². The van der Waals surface area contributed by atoms with E-state index in [9.17, 15) is 4.79 Å². The average molecular weight is 523 g/mol. The Balaban J connectivity index is -0.0000000449. The fourth-order valence-corrected chi connectivity index (χ4v) is 1.56. The molecule has 1 aliphatic carbocycles. The van der Waals surface area contributed by atoms with Gasteiger partial charge in [-0.3, -0.25) is 11.8 Å². The van der Waals surface area contributed by atoms with Crippen LogP contribution in [0.15, 0.2) is 0 Å². The minimum absolute atomic E-state index is 0. The molecule has 0 bridgehead atoms. The molecule has 0 aromatic heterocycles. The molecular weight excluding hydrogens is 492 g/mol. The summed E-state index contributed by atoms with van der Waals surface area (Å²) in [5, 5.41) is 17.9. The molecule has 0 aliphatic heterocycles. The van der Waals surface area contributed by atoms with Crippen LogP contribution in [-0.4, -0.2) is 51.4 Å². The molecule has 3 radical (unpaired) electrons. The van der Waals surface area contributed by atoms with Crippen molar-refractivity contribution in [1.29, 1.82) is 0 Å². The smallest absolute Gasteiger partial charge is 0.508 e. The maximum Gasteiger partial charge on any atom is 2.00 e. The largest absolute Gasteiger partial charge is 2.00 e. The summed E-state index contributed by atoms with van der Waals surface area (Å²) < 4.78 is 4.63. The van der Waals surface area contributed by atoms with Crippen LogP contribution in [0.3, 0.4) is 0 Å². The topological polar surface area (TPSA) is 78.8 Å². The molecule has 1 saturated carbocycles. The van der Waals surface area contributed by atoms with Crippen LogP contribution in [0.1, 0.15) is 25.7 Å². The minimum Gasteiger partial charge on any atom is -0.508 e. The number of hydrogen-bond donors (Lipinski definition) is 3. The molecule has 0 aromatic carbocycles. The minimum atomic E-state index is -0.0909. The second kappa shape index (κ2) is 29.7. The number of aliphatic hydroxyl groups is 2. The SMILES string of the molecule is CO.[B]C1CCC(CO)C1.[CH2-]NC(=O)CCOC.[CH3-].[CH3-].[V].[W+2]. The number of carbonyl (C=O) groups is 1. The van der Waals surface area contributed by atoms with Crippen molar-refractivity contribution in [3.8, 4) is 0 Å². The van der Waals surface area contributed by atoms with E-state index in [1.807, 2.05) is 0 Å². The van der Waals surface area contributed by atoms with Crippen LogP contribution < -0.4 is 5.32 Å². The first-order chi connectivity index (χ1) is 8.63. The van der Waals surface area contributed by atoms with E-state index in [1.165, 1.54) is 0 Å². The molecule has 0 saturated heterocycles. The molecule has 1 amide bonds. The summed E-state index contributed by atoms with van der Waals surface area (Å²) in [6, 6.07) is 0. The zero-order valence-electron chi connectivity index (χ0n) is 14.2. The summed E-state index contributed by atoms with van der Waals surface area (Å²) in [6.45, 7) is 0.787. The Morgan fingerprint density at radius 1 is 1.36 bits per heavy atom. The van der Waals surface area contributed by atoms with Crippen LogP contribution >= 0.6 is 0 Å². The van der Waals surface area contributed by atoms with Gasteiger partial charge in [0.05, 0.1) is 14.5 Å². The maximum absolute atomic E-state index is 10.3. The molecule has 5 nitrogen and oxygen atoms in total. The van der Waals surface area contributed by atoms with E-state index in [0.29, 0.717) is 31.4 Å². The van der Waals surface area contributed by atoms with Crippen molar-refractivity contribution in [2.45, 2.75) is 31.5 Å². The molecule has 131 valence electrons. The van der Waals surface area contributed by atoms with Crippen molar-refractivity contribution >= 4 is 13.8 Å². The summed E-state index contributed by atoms with van der Waals surface area (Å²) in [4.78, 5) is 10.3. The maximum atomic E-state index is 10.3. The number of aliphatic hydroxyl groups excluding tert-OH is 2. The van der Waals surface area contributed by atoms with Crippen molar-refractivity contribution in [3.05, 3.63) is 21.9 Å². The molecule has 8 heteroatoms. The van der Waals surface area contributed by atoms with E-state index in [1.54, 1.807) is 7.11 Å². The molecule has 0 heterocycles. The monoisotopic (exact) mass is 523 g/mol. The summed E-state index contributed by atoms with van der Waals surface area (Å²) in [6.07, 6.45) is 3.64. The van der Waals surface area contributed by atoms with E-state index in [2.05, 4.69) is 17.1 Å². The van der Waals surface area contributed by atoms with Gasteiger partial charge in [0.1, 0.15) is 0 Å². The summed E-state index contributed by atoms with van der Waals surface area (Å²) >= 11 is 0. The molecular formula is C14H31BNO4VW-. The van der Waals surface area contributed by atoms with E-state index < -0.39 is 0 Å². The van der Waals surface area contributed by atoms with Gasteiger partial charge in [-0.05, 0) is 12.3 Å². The fourth-order valence-electron chi connectivity index (χ4n) is 1.56. The molecule has 1 fully saturated rings. The molecule has 3 N–H and O–H groups in total. The Kier molecular flexibility index (Phi) is 51.7. The molecule has 0 aromatic rings. The number of carbonyl (C=O) groups excluding carboxylic acids is 1. The van der Waals surface area contributed by atoms with Gasteiger partial charge in [0.2, 0.25) is 0 Å². The number of ether oxygens (including phenoxy) is 1. The third kappa shape index (κ3) is 25.6. The van der Waals surface area contributed by atoms with E-state index in [0.717, 1.165) is 26.4 Å². The first-order valence-electron chi connectivity index (χ1n) is 6.00. The van der Waals surface area contributed by atoms with Gasteiger partial charge < -0.3 is 35.1 Å². The standard InChI is InChI=1S/C6H11BO.C5H10NO2.CH4O.2CH3.V.W/c7-6-2-1-5(3-6)4-8;1-6-5(7)3-4-8-2;1-2;;;;/h5-6,8H,1-4H2;1,3-4H2,2H3,(H,6,7);2H,1H3;2*1H3;;/q;-1;;2*-1;;+2. The van der Waals surface area contributed by atoms with Crippen LogP contribution in [0.25, 0.3) is 0 Å². The van der Waals surface area contributed by atoms with Crippen LogP contribution in [-0.2, 0) is 49.2 Å². The number of methoxy groups -OCH3 is 1. The van der Waals surface area contributed by atoms with Gasteiger partial charge in [0.15, 0.2) is 5.91 Å². The van der Waals surface area contributed by atoms with Crippen molar-refractivity contribution in [3.63, 3.8) is 0 Å². The van der Waals surface area contributed by atoms with Gasteiger partial charge in [0.25, 0.3) is 0 Å². The van der Waals surface area contributed by atoms with Gasteiger partial charge in [-0.25, -0.2) is 0 Å². The number of hydrogen-bond acceptors (Lipinski definition) is 4. The Bertz CT molecular complexity index is 206. The average Bonchev–Trinajstić information content (AvgIpc) is 2.85. The van der Waals surface area contributed by atoms with Gasteiger partial charge in [-0.15, -0.1) is 0 Å². The van der Waals surface area contributed by atoms with Crippen molar-refractivity contribution < 1.29 is 59.4 Å². The number of amides is 1. The second-order valence-corrected chi connectivity index (χ2v) is 3.96. The predicted molar refractivity (Wildman–Crippen MR) is 84.9 cm³/mol. The van der Waals surface area contributed by atoms with Gasteiger partial charge >= 0.3 is 21.1 Å². The van der Waals surface area contributed by atoms with Crippen LogP contribution in [0.4, 0.5) is 0 Å². The Morgan fingerprint density at radius 3 is 2.09 bits per heavy atom. The molecule has 2 unspecified atom stereocenters. The Morgan fingerprint density at radius 2 is 1.86 bits per heavy atom. The fraction of sp³-hybridized carbons (Fsp3) is 0.714. The zero-order chi connectivity index (χ0) is 14.4. The van der Waals surface area contributed by atoms with Crippen molar-refractivity contribution in [2.75, 3.05) is 27.4 Å². The summed E-state index contributed by atoms with van der Waals surface area (Å²) in [5.74, 6) is 0.781. The van der Waals surface area contributed by atoms with Crippen molar-refractivity contribution in [2.24, 2.45) is 5.92 Å². The van der Waals surface area contributed by atoms with Crippen LogP contribution in [0.2, 0.25) is 5.82 Å². The zero-order valence-corrected chi connectivity index (χ0v) is 18.6. The second-order valence-electron chi connectivity index (χ2n) is 3.96. The first kappa shape index (κ1) is 38.3. The Labute approximate surface area is 164 Å². The molecule has 2 atom stereocenters. The van der Waals surface area contributed by atoms with Gasteiger partial charge in [-0.2, -0.15) is 0 Å². The first-order valence-corrected chi connectivity index (χ1v) is 6.00.